The van der Waals surface area contributed by atoms with Crippen molar-refractivity contribution in [1.29, 1.82) is 0 Å². The van der Waals surface area contributed by atoms with E-state index in [0.717, 1.165) is 0 Å². The second-order valence-corrected chi connectivity index (χ2v) is 6.74. The topological polar surface area (TPSA) is 76.4 Å². The van der Waals surface area contributed by atoms with Crippen molar-refractivity contribution in [3.63, 3.8) is 0 Å². The van der Waals surface area contributed by atoms with Gasteiger partial charge in [0.25, 0.3) is 11.1 Å². The number of rotatable bonds is 4. The van der Waals surface area contributed by atoms with Crippen molar-refractivity contribution in [2.24, 2.45) is 0 Å². The molecule has 3 aromatic rings. The molecule has 0 saturated carbocycles. The van der Waals surface area contributed by atoms with E-state index in [-0.39, 0.29) is 12.8 Å². The summed E-state index contributed by atoms with van der Waals surface area (Å²) in [6.45, 7) is 3.45. The van der Waals surface area contributed by atoms with Crippen LogP contribution in [0, 0.1) is 0 Å². The SMILES string of the molecule is CC(C)(CCC(=O)O)n1c(=O)c2ccccc2c2ccccc2c1=O. The first-order valence-electron chi connectivity index (χ1n) is 8.12. The van der Waals surface area contributed by atoms with Crippen molar-refractivity contribution < 1.29 is 9.90 Å². The summed E-state index contributed by atoms with van der Waals surface area (Å²) in [4.78, 5) is 37.3. The van der Waals surface area contributed by atoms with E-state index < -0.39 is 22.6 Å². The van der Waals surface area contributed by atoms with Crippen LogP contribution in [0.25, 0.3) is 21.5 Å². The second kappa shape index (κ2) is 6.16. The van der Waals surface area contributed by atoms with Crippen LogP contribution in [0.1, 0.15) is 26.7 Å². The number of hydrogen-bond acceptors (Lipinski definition) is 3. The average Bonchev–Trinajstić information content (AvgIpc) is 2.68. The van der Waals surface area contributed by atoms with E-state index in [9.17, 15) is 14.4 Å². The Balaban J connectivity index is 2.49. The third-order valence-corrected chi connectivity index (χ3v) is 4.57. The fourth-order valence-corrected chi connectivity index (χ4v) is 3.22. The Morgan fingerprint density at radius 3 is 1.68 bits per heavy atom. The van der Waals surface area contributed by atoms with Gasteiger partial charge in [0.1, 0.15) is 0 Å². The lowest BCUT2D eigenvalue weighted by molar-refractivity contribution is -0.137. The number of aromatic nitrogens is 1. The normalized spacial score (nSPS) is 11.8. The Kier molecular flexibility index (Phi) is 4.17. The van der Waals surface area contributed by atoms with Gasteiger partial charge in [0.05, 0.1) is 0 Å². The Morgan fingerprint density at radius 2 is 1.28 bits per heavy atom. The Morgan fingerprint density at radius 1 is 0.880 bits per heavy atom. The quantitative estimate of drug-likeness (QED) is 0.793. The number of hydrogen-bond donors (Lipinski definition) is 1. The molecule has 0 bridgehead atoms. The highest BCUT2D eigenvalue weighted by Crippen LogP contribution is 2.23. The molecule has 5 nitrogen and oxygen atoms in total. The summed E-state index contributed by atoms with van der Waals surface area (Å²) in [5.41, 5.74) is -1.71. The fourth-order valence-electron chi connectivity index (χ4n) is 3.22. The number of carbonyl (C=O) groups is 1. The van der Waals surface area contributed by atoms with Gasteiger partial charge in [-0.3, -0.25) is 19.0 Å². The lowest BCUT2D eigenvalue weighted by Gasteiger charge is -2.25. The molecular weight excluding hydrogens is 318 g/mol. The number of aliphatic carboxylic acids is 1. The number of benzene rings is 2. The zero-order valence-corrected chi connectivity index (χ0v) is 14.2. The summed E-state index contributed by atoms with van der Waals surface area (Å²) >= 11 is 0. The van der Waals surface area contributed by atoms with Gasteiger partial charge in [-0.25, -0.2) is 0 Å². The highest BCUT2D eigenvalue weighted by molar-refractivity contribution is 6.05. The van der Waals surface area contributed by atoms with Crippen molar-refractivity contribution in [3.05, 3.63) is 69.2 Å². The van der Waals surface area contributed by atoms with Gasteiger partial charge in [-0.2, -0.15) is 0 Å². The number of nitrogens with zero attached hydrogens (tertiary/aromatic N) is 1. The zero-order chi connectivity index (χ0) is 18.2. The van der Waals surface area contributed by atoms with Crippen LogP contribution < -0.4 is 11.1 Å². The highest BCUT2D eigenvalue weighted by atomic mass is 16.4. The molecule has 0 radical (unpaired) electrons. The van der Waals surface area contributed by atoms with Crippen LogP contribution in [0.2, 0.25) is 0 Å². The molecule has 3 rings (SSSR count). The van der Waals surface area contributed by atoms with Gasteiger partial charge in [0.15, 0.2) is 0 Å². The van der Waals surface area contributed by atoms with Gasteiger partial charge < -0.3 is 5.11 Å². The van der Waals surface area contributed by atoms with Crippen molar-refractivity contribution in [1.82, 2.24) is 4.57 Å². The summed E-state index contributed by atoms with van der Waals surface area (Å²) in [5, 5.41) is 11.3. The van der Waals surface area contributed by atoms with Gasteiger partial charge in [-0.05, 0) is 43.2 Å². The Labute approximate surface area is 144 Å². The molecule has 25 heavy (non-hydrogen) atoms. The summed E-state index contributed by atoms with van der Waals surface area (Å²) < 4.78 is 1.21. The van der Waals surface area contributed by atoms with E-state index in [1.54, 1.807) is 38.1 Å². The summed E-state index contributed by atoms with van der Waals surface area (Å²) in [6, 6.07) is 14.2. The number of fused-ring (bicyclic) bond motifs is 3. The van der Waals surface area contributed by atoms with E-state index in [1.807, 2.05) is 24.3 Å². The molecule has 1 N–H and O–H groups in total. The number of carboxylic acid groups (broad SMARTS) is 1. The first-order valence-corrected chi connectivity index (χ1v) is 8.12. The molecule has 0 saturated heterocycles. The molecule has 0 spiro atoms. The van der Waals surface area contributed by atoms with Crippen LogP contribution in [0.3, 0.4) is 0 Å². The molecule has 0 atom stereocenters. The Bertz CT molecular complexity index is 1020. The van der Waals surface area contributed by atoms with E-state index in [4.69, 9.17) is 5.11 Å². The molecule has 0 unspecified atom stereocenters. The zero-order valence-electron chi connectivity index (χ0n) is 14.2. The minimum absolute atomic E-state index is 0.118. The minimum atomic E-state index is -0.955. The van der Waals surface area contributed by atoms with E-state index in [1.165, 1.54) is 4.57 Å². The van der Waals surface area contributed by atoms with E-state index in [2.05, 4.69) is 0 Å². The van der Waals surface area contributed by atoms with Crippen LogP contribution in [0.5, 0.6) is 0 Å². The lowest BCUT2D eigenvalue weighted by Crippen LogP contribution is -2.43. The molecule has 0 aliphatic carbocycles. The molecule has 0 fully saturated rings. The monoisotopic (exact) mass is 337 g/mol. The standard InChI is InChI=1S/C20H19NO4/c1-20(2,12-11-17(22)23)21-18(24)15-9-5-3-7-13(15)14-8-4-6-10-16(14)19(21)25/h3-10H,11-12H2,1-2H3,(H,22,23). The van der Waals surface area contributed by atoms with Crippen LogP contribution >= 0.6 is 0 Å². The largest absolute Gasteiger partial charge is 0.481 e. The molecule has 1 heterocycles. The van der Waals surface area contributed by atoms with Gasteiger partial charge in [-0.15, -0.1) is 0 Å². The molecule has 5 heteroatoms. The summed E-state index contributed by atoms with van der Waals surface area (Å²) in [5.74, 6) is -0.955. The van der Waals surface area contributed by atoms with Crippen LogP contribution in [-0.4, -0.2) is 15.6 Å². The van der Waals surface area contributed by atoms with Crippen LogP contribution in [0.15, 0.2) is 58.1 Å². The maximum atomic E-state index is 13.2. The first-order chi connectivity index (χ1) is 11.8. The van der Waals surface area contributed by atoms with E-state index >= 15 is 0 Å². The van der Waals surface area contributed by atoms with Gasteiger partial charge in [0, 0.05) is 22.7 Å². The van der Waals surface area contributed by atoms with Crippen molar-refractivity contribution in [3.8, 4) is 0 Å². The van der Waals surface area contributed by atoms with Gasteiger partial charge >= 0.3 is 5.97 Å². The summed E-state index contributed by atoms with van der Waals surface area (Å²) in [6.07, 6.45) is 0.0670. The highest BCUT2D eigenvalue weighted by Gasteiger charge is 2.26. The fraction of sp³-hybridized carbons (Fsp3) is 0.250. The third-order valence-electron chi connectivity index (χ3n) is 4.57. The predicted molar refractivity (Wildman–Crippen MR) is 98.2 cm³/mol. The molecule has 0 aliphatic heterocycles. The maximum Gasteiger partial charge on any atom is 0.303 e. The average molecular weight is 337 g/mol. The minimum Gasteiger partial charge on any atom is -0.481 e. The number of carboxylic acids is 1. The Hall–Kier alpha value is -2.95. The maximum absolute atomic E-state index is 13.2. The first kappa shape index (κ1) is 16.9. The second-order valence-electron chi connectivity index (χ2n) is 6.74. The van der Waals surface area contributed by atoms with Crippen molar-refractivity contribution >= 4 is 27.5 Å². The third kappa shape index (κ3) is 2.93. The summed E-state index contributed by atoms with van der Waals surface area (Å²) in [7, 11) is 0. The molecule has 1 aromatic heterocycles. The van der Waals surface area contributed by atoms with Gasteiger partial charge in [0.2, 0.25) is 0 Å². The molecule has 128 valence electrons. The molecule has 0 aliphatic rings. The van der Waals surface area contributed by atoms with Crippen molar-refractivity contribution in [2.75, 3.05) is 0 Å². The van der Waals surface area contributed by atoms with Crippen LogP contribution in [0.4, 0.5) is 0 Å². The van der Waals surface area contributed by atoms with Crippen molar-refractivity contribution in [2.45, 2.75) is 32.2 Å². The molecule has 2 aromatic carbocycles. The molecule has 0 amide bonds. The predicted octanol–water partition coefficient (Wildman–Crippen LogP) is 3.11. The lowest BCUT2D eigenvalue weighted by atomic mass is 9.97. The van der Waals surface area contributed by atoms with Gasteiger partial charge in [-0.1, -0.05) is 36.4 Å². The van der Waals surface area contributed by atoms with E-state index in [0.29, 0.717) is 21.5 Å². The smallest absolute Gasteiger partial charge is 0.303 e. The molecular formula is C20H19NO4. The van der Waals surface area contributed by atoms with Crippen LogP contribution in [-0.2, 0) is 10.3 Å².